The van der Waals surface area contributed by atoms with E-state index in [0.717, 1.165) is 4.88 Å². The predicted molar refractivity (Wildman–Crippen MR) is 123 cm³/mol. The summed E-state index contributed by atoms with van der Waals surface area (Å²) in [6.07, 6.45) is 0.0646. The fraction of sp³-hybridized carbons (Fsp3) is 0.200. The topological polar surface area (TPSA) is 127 Å². The van der Waals surface area contributed by atoms with Crippen molar-refractivity contribution in [3.63, 3.8) is 0 Å². The average Bonchev–Trinajstić information content (AvgIpc) is 3.46. The Balaban J connectivity index is 1.44. The lowest BCUT2D eigenvalue weighted by Crippen LogP contribution is -2.43. The first-order valence-corrected chi connectivity index (χ1v) is 11.1. The summed E-state index contributed by atoms with van der Waals surface area (Å²) in [5.74, 6) is -0.373. The number of benzene rings is 1. The van der Waals surface area contributed by atoms with Crippen molar-refractivity contribution in [1.29, 1.82) is 0 Å². The number of hydrogen-bond donors (Lipinski definition) is 3. The van der Waals surface area contributed by atoms with Crippen molar-refractivity contribution in [3.8, 4) is 10.7 Å². The summed E-state index contributed by atoms with van der Waals surface area (Å²) in [6, 6.07) is 10.5. The van der Waals surface area contributed by atoms with Gasteiger partial charge in [0.15, 0.2) is 16.3 Å². The number of aromatic amines is 1. The summed E-state index contributed by atoms with van der Waals surface area (Å²) < 4.78 is 3.35. The fourth-order valence-electron chi connectivity index (χ4n) is 3.20. The lowest BCUT2D eigenvalue weighted by atomic mass is 10.1. The van der Waals surface area contributed by atoms with Crippen LogP contribution in [0.4, 0.5) is 0 Å². The number of hydrazine groups is 1. The second-order valence-corrected chi connectivity index (χ2v) is 8.08. The first-order chi connectivity index (χ1) is 15.5. The quantitative estimate of drug-likeness (QED) is 0.294. The van der Waals surface area contributed by atoms with Crippen molar-refractivity contribution in [2.24, 2.45) is 0 Å². The highest BCUT2D eigenvalue weighted by atomic mass is 32.1. The van der Waals surface area contributed by atoms with Gasteiger partial charge in [0.25, 0.3) is 11.5 Å². The lowest BCUT2D eigenvalue weighted by Gasteiger charge is -2.11. The van der Waals surface area contributed by atoms with Gasteiger partial charge in [-0.25, -0.2) is 4.68 Å². The zero-order chi connectivity index (χ0) is 22.7. The van der Waals surface area contributed by atoms with E-state index in [0.29, 0.717) is 27.9 Å². The second kappa shape index (κ2) is 9.24. The van der Waals surface area contributed by atoms with Gasteiger partial charge in [0.1, 0.15) is 0 Å². The van der Waals surface area contributed by atoms with E-state index >= 15 is 0 Å². The SMILES string of the molecule is CCn1nc(C(=O)NNC(=O)CCn2c(-c3cccs3)n[nH]c2=S)c2ccccc2c1=O. The molecule has 0 saturated heterocycles. The van der Waals surface area contributed by atoms with Crippen molar-refractivity contribution >= 4 is 46.1 Å². The van der Waals surface area contributed by atoms with Gasteiger partial charge >= 0.3 is 0 Å². The van der Waals surface area contributed by atoms with Crippen LogP contribution >= 0.6 is 23.6 Å². The molecule has 0 spiro atoms. The predicted octanol–water partition coefficient (Wildman–Crippen LogP) is 2.25. The van der Waals surface area contributed by atoms with Crippen LogP contribution in [0.5, 0.6) is 0 Å². The molecule has 32 heavy (non-hydrogen) atoms. The molecule has 3 N–H and O–H groups in total. The summed E-state index contributed by atoms with van der Waals surface area (Å²) in [4.78, 5) is 38.4. The largest absolute Gasteiger partial charge is 0.299 e. The van der Waals surface area contributed by atoms with E-state index in [2.05, 4.69) is 26.1 Å². The molecule has 2 amide bonds. The van der Waals surface area contributed by atoms with Crippen LogP contribution in [0.15, 0.2) is 46.6 Å². The molecule has 0 atom stereocenters. The van der Waals surface area contributed by atoms with E-state index in [1.807, 2.05) is 17.5 Å². The molecule has 164 valence electrons. The Labute approximate surface area is 190 Å². The van der Waals surface area contributed by atoms with Crippen LogP contribution in [-0.2, 0) is 17.9 Å². The number of amides is 2. The summed E-state index contributed by atoms with van der Waals surface area (Å²) in [7, 11) is 0. The minimum atomic E-state index is -0.615. The van der Waals surface area contributed by atoms with E-state index in [1.165, 1.54) is 16.0 Å². The monoisotopic (exact) mass is 469 g/mol. The molecule has 4 aromatic rings. The number of thiophene rings is 1. The highest BCUT2D eigenvalue weighted by Gasteiger charge is 2.17. The molecule has 10 nitrogen and oxygen atoms in total. The number of aryl methyl sites for hydroxylation is 1. The first kappa shape index (κ1) is 21.6. The molecule has 0 aliphatic heterocycles. The lowest BCUT2D eigenvalue weighted by molar-refractivity contribution is -0.122. The number of carbonyl (C=O) groups is 2. The normalized spacial score (nSPS) is 10.9. The minimum absolute atomic E-state index is 0.0550. The molecule has 3 heterocycles. The van der Waals surface area contributed by atoms with Crippen molar-refractivity contribution in [2.75, 3.05) is 0 Å². The van der Waals surface area contributed by atoms with Crippen LogP contribution < -0.4 is 16.4 Å². The zero-order valence-corrected chi connectivity index (χ0v) is 18.6. The van der Waals surface area contributed by atoms with E-state index < -0.39 is 11.8 Å². The van der Waals surface area contributed by atoms with Gasteiger partial charge < -0.3 is 0 Å². The van der Waals surface area contributed by atoms with Crippen LogP contribution in [0, 0.1) is 4.77 Å². The third-order valence-electron chi connectivity index (χ3n) is 4.76. The molecule has 0 fully saturated rings. The van der Waals surface area contributed by atoms with Crippen molar-refractivity contribution < 1.29 is 9.59 Å². The molecule has 0 unspecified atom stereocenters. The molecule has 0 saturated carbocycles. The van der Waals surface area contributed by atoms with E-state index in [9.17, 15) is 14.4 Å². The number of carbonyl (C=O) groups excluding carboxylic acids is 2. The Morgan fingerprint density at radius 3 is 2.66 bits per heavy atom. The molecule has 3 aromatic heterocycles. The van der Waals surface area contributed by atoms with E-state index in [-0.39, 0.29) is 24.2 Å². The maximum absolute atomic E-state index is 12.7. The first-order valence-electron chi connectivity index (χ1n) is 9.77. The van der Waals surface area contributed by atoms with Crippen LogP contribution in [0.2, 0.25) is 0 Å². The van der Waals surface area contributed by atoms with Gasteiger partial charge in [-0.2, -0.15) is 10.2 Å². The number of H-pyrrole nitrogens is 1. The summed E-state index contributed by atoms with van der Waals surface area (Å²) in [5, 5.41) is 13.8. The molecular formula is C20H19N7O3S2. The number of aromatic nitrogens is 5. The fourth-order valence-corrected chi connectivity index (χ4v) is 4.14. The molecule has 4 rings (SSSR count). The Morgan fingerprint density at radius 2 is 1.94 bits per heavy atom. The molecule has 0 aliphatic rings. The van der Waals surface area contributed by atoms with Crippen molar-refractivity contribution in [1.82, 2.24) is 35.4 Å². The molecular weight excluding hydrogens is 450 g/mol. The van der Waals surface area contributed by atoms with Gasteiger partial charge in [-0.3, -0.25) is 34.9 Å². The standard InChI is InChI=1S/C20H19N7O3S2/c1-2-27-19(30)13-7-4-3-6-12(13)16(25-27)18(29)23-21-15(28)9-10-26-17(22-24-20(26)31)14-8-5-11-32-14/h3-8,11H,2,9-10H2,1H3,(H,21,28)(H,23,29)(H,24,31). The highest BCUT2D eigenvalue weighted by Crippen LogP contribution is 2.22. The van der Waals surface area contributed by atoms with E-state index in [1.54, 1.807) is 35.8 Å². The van der Waals surface area contributed by atoms with Gasteiger partial charge in [-0.1, -0.05) is 24.3 Å². The molecule has 0 bridgehead atoms. The maximum Gasteiger partial charge on any atom is 0.290 e. The number of fused-ring (bicyclic) bond motifs is 1. The van der Waals surface area contributed by atoms with Crippen LogP contribution in [0.25, 0.3) is 21.5 Å². The van der Waals surface area contributed by atoms with Gasteiger partial charge in [-0.05, 0) is 36.7 Å². The van der Waals surface area contributed by atoms with Crippen LogP contribution in [-0.4, -0.2) is 36.4 Å². The molecule has 12 heteroatoms. The summed E-state index contributed by atoms with van der Waals surface area (Å²) >= 11 is 6.78. The molecule has 0 aliphatic carbocycles. The van der Waals surface area contributed by atoms with E-state index in [4.69, 9.17) is 12.2 Å². The minimum Gasteiger partial charge on any atom is -0.299 e. The molecule has 1 aromatic carbocycles. The highest BCUT2D eigenvalue weighted by molar-refractivity contribution is 7.71. The summed E-state index contributed by atoms with van der Waals surface area (Å²) in [6.45, 7) is 2.36. The number of nitrogens with zero attached hydrogens (tertiary/aromatic N) is 4. The van der Waals surface area contributed by atoms with Crippen LogP contribution in [0.1, 0.15) is 23.8 Å². The number of hydrogen-bond acceptors (Lipinski definition) is 7. The number of nitrogens with one attached hydrogen (secondary N) is 3. The molecule has 0 radical (unpaired) electrons. The van der Waals surface area contributed by atoms with Crippen molar-refractivity contribution in [2.45, 2.75) is 26.4 Å². The Hall–Kier alpha value is -3.64. The second-order valence-electron chi connectivity index (χ2n) is 6.75. The third-order valence-corrected chi connectivity index (χ3v) is 5.94. The van der Waals surface area contributed by atoms with Gasteiger partial charge in [0.2, 0.25) is 5.91 Å². The summed E-state index contributed by atoms with van der Waals surface area (Å²) in [5.41, 5.74) is 4.55. The van der Waals surface area contributed by atoms with Gasteiger partial charge in [0.05, 0.1) is 10.3 Å². The zero-order valence-electron chi connectivity index (χ0n) is 17.0. The Bertz CT molecular complexity index is 1400. The number of rotatable bonds is 6. The Kier molecular flexibility index (Phi) is 6.23. The maximum atomic E-state index is 12.7. The van der Waals surface area contributed by atoms with Gasteiger partial charge in [-0.15, -0.1) is 11.3 Å². The van der Waals surface area contributed by atoms with Crippen LogP contribution in [0.3, 0.4) is 0 Å². The Morgan fingerprint density at radius 1 is 1.16 bits per heavy atom. The van der Waals surface area contributed by atoms with Gasteiger partial charge in [0, 0.05) is 24.9 Å². The third kappa shape index (κ3) is 4.22. The smallest absolute Gasteiger partial charge is 0.290 e. The average molecular weight is 470 g/mol. The van der Waals surface area contributed by atoms with Crippen molar-refractivity contribution in [3.05, 3.63) is 62.6 Å².